The van der Waals surface area contributed by atoms with Crippen molar-refractivity contribution in [1.82, 2.24) is 15.3 Å². The van der Waals surface area contributed by atoms with Gasteiger partial charge in [0.05, 0.1) is 22.0 Å². The maximum atomic E-state index is 13.6. The van der Waals surface area contributed by atoms with Gasteiger partial charge in [-0.15, -0.1) is 22.7 Å². The first-order chi connectivity index (χ1) is 17.7. The minimum absolute atomic E-state index is 0.0566. The van der Waals surface area contributed by atoms with Gasteiger partial charge < -0.3 is 10.1 Å². The fourth-order valence-electron chi connectivity index (χ4n) is 5.23. The summed E-state index contributed by atoms with van der Waals surface area (Å²) in [6.07, 6.45) is 8.45. The maximum Gasteiger partial charge on any atom is 0.280 e. The fourth-order valence-corrected chi connectivity index (χ4v) is 10.2. The van der Waals surface area contributed by atoms with Gasteiger partial charge in [0.15, 0.2) is 14.8 Å². The Balaban J connectivity index is 1.74. The van der Waals surface area contributed by atoms with Gasteiger partial charge in [-0.3, -0.25) is 4.79 Å². The van der Waals surface area contributed by atoms with Gasteiger partial charge in [-0.25, -0.2) is 18.4 Å². The number of nitrogens with one attached hydrogen (secondary N) is 1. The van der Waals surface area contributed by atoms with Crippen molar-refractivity contribution in [3.63, 3.8) is 0 Å². The molecule has 0 spiro atoms. The second kappa shape index (κ2) is 11.6. The fraction of sp³-hybridized carbons (Fsp3) is 0.750. The monoisotopic (exact) mass is 581 g/mol. The van der Waals surface area contributed by atoms with Crippen molar-refractivity contribution in [1.29, 1.82) is 0 Å². The van der Waals surface area contributed by atoms with Crippen molar-refractivity contribution in [3.05, 3.63) is 16.4 Å². The molecule has 0 aromatic carbocycles. The zero-order valence-electron chi connectivity index (χ0n) is 23.7. The first kappa shape index (κ1) is 29.6. The highest BCUT2D eigenvalue weighted by atomic mass is 32.2. The van der Waals surface area contributed by atoms with E-state index >= 15 is 0 Å². The number of aromatic nitrogens is 2. The van der Waals surface area contributed by atoms with Crippen molar-refractivity contribution in [2.75, 3.05) is 19.0 Å². The van der Waals surface area contributed by atoms with E-state index in [1.54, 1.807) is 0 Å². The van der Waals surface area contributed by atoms with Crippen LogP contribution in [0.25, 0.3) is 9.88 Å². The molecule has 1 amide bonds. The molecular formula is C28H43N3O4S3. The standard InChI is InChI=1S/C28H43N3O4S3/c1-27(2,3)17-38(33,34)26-22(28(4,5)6)31-24(37-26)21-20(16-18-10-8-7-9-11-18)30-25(36-21)23(32)29-19-12-14-35-15-13-19/h18-19H,7-17H2,1-6H3,(H,29,32). The summed E-state index contributed by atoms with van der Waals surface area (Å²) in [6, 6.07) is 0.0897. The number of carbonyl (C=O) groups excluding carboxylic acids is 1. The molecule has 1 aliphatic carbocycles. The van der Waals surface area contributed by atoms with Crippen molar-refractivity contribution in [2.24, 2.45) is 11.3 Å². The molecule has 2 aliphatic rings. The molecule has 1 saturated heterocycles. The first-order valence-electron chi connectivity index (χ1n) is 13.9. The predicted octanol–water partition coefficient (Wildman–Crippen LogP) is 6.42. The number of ether oxygens (including phenoxy) is 1. The van der Waals surface area contributed by atoms with E-state index in [1.807, 2.05) is 41.5 Å². The molecule has 1 saturated carbocycles. The van der Waals surface area contributed by atoms with E-state index in [1.165, 1.54) is 41.9 Å². The van der Waals surface area contributed by atoms with Crippen LogP contribution >= 0.6 is 22.7 Å². The zero-order chi connectivity index (χ0) is 27.7. The van der Waals surface area contributed by atoms with Crippen molar-refractivity contribution in [3.8, 4) is 9.88 Å². The van der Waals surface area contributed by atoms with Crippen molar-refractivity contribution < 1.29 is 17.9 Å². The Hall–Kier alpha value is -1.36. The van der Waals surface area contributed by atoms with Crippen LogP contribution in [0.1, 0.15) is 108 Å². The van der Waals surface area contributed by atoms with Gasteiger partial charge in [0.25, 0.3) is 5.91 Å². The van der Waals surface area contributed by atoms with Crippen LogP contribution in [0.5, 0.6) is 0 Å². The van der Waals surface area contributed by atoms with Crippen molar-refractivity contribution >= 4 is 38.4 Å². The number of rotatable bonds is 7. The SMILES string of the molecule is CC(C)(C)CS(=O)(=O)c1sc(-c2sc(C(=O)NC3CCOCC3)nc2CC2CCCCC2)nc1C(C)(C)C. The molecule has 2 aromatic heterocycles. The second-order valence-electron chi connectivity index (χ2n) is 13.1. The molecule has 2 aromatic rings. The van der Waals surface area contributed by atoms with Gasteiger partial charge in [-0.2, -0.15) is 0 Å². The van der Waals surface area contributed by atoms with Gasteiger partial charge in [0.1, 0.15) is 9.22 Å². The van der Waals surface area contributed by atoms with Gasteiger partial charge in [-0.1, -0.05) is 73.6 Å². The predicted molar refractivity (Wildman–Crippen MR) is 155 cm³/mol. The molecule has 7 nitrogen and oxygen atoms in total. The number of hydrogen-bond acceptors (Lipinski definition) is 8. The molecule has 2 fully saturated rings. The zero-order valence-corrected chi connectivity index (χ0v) is 26.1. The number of amides is 1. The van der Waals surface area contributed by atoms with E-state index in [0.29, 0.717) is 39.1 Å². The van der Waals surface area contributed by atoms with Crippen LogP contribution in [0.3, 0.4) is 0 Å². The average molecular weight is 582 g/mol. The Kier molecular flexibility index (Phi) is 9.06. The molecule has 1 N–H and O–H groups in total. The number of carbonyl (C=O) groups is 1. The van der Waals surface area contributed by atoms with Crippen molar-refractivity contribution in [2.45, 2.75) is 109 Å². The summed E-state index contributed by atoms with van der Waals surface area (Å²) < 4.78 is 32.9. The summed E-state index contributed by atoms with van der Waals surface area (Å²) in [5.74, 6) is 0.426. The summed E-state index contributed by atoms with van der Waals surface area (Å²) in [4.78, 5) is 23.9. The number of nitrogens with zero attached hydrogens (tertiary/aromatic N) is 2. The summed E-state index contributed by atoms with van der Waals surface area (Å²) in [5.41, 5.74) is 0.677. The third kappa shape index (κ3) is 7.43. The van der Waals surface area contributed by atoms with E-state index < -0.39 is 15.3 Å². The smallest absolute Gasteiger partial charge is 0.280 e. The highest BCUT2D eigenvalue weighted by Crippen LogP contribution is 2.43. The molecule has 0 radical (unpaired) electrons. The second-order valence-corrected chi connectivity index (χ2v) is 17.3. The lowest BCUT2D eigenvalue weighted by molar-refractivity contribution is 0.0696. The van der Waals surface area contributed by atoms with E-state index in [-0.39, 0.29) is 23.1 Å². The highest BCUT2D eigenvalue weighted by Gasteiger charge is 2.35. The molecular weight excluding hydrogens is 539 g/mol. The van der Waals surface area contributed by atoms with Gasteiger partial charge in [0, 0.05) is 24.7 Å². The minimum Gasteiger partial charge on any atom is -0.381 e. The summed E-state index contributed by atoms with van der Waals surface area (Å²) in [5, 5.41) is 4.23. The third-order valence-corrected chi connectivity index (χ3v) is 12.2. The number of thiazole rings is 2. The molecule has 1 aliphatic heterocycles. The Bertz CT molecular complexity index is 1220. The van der Waals surface area contributed by atoms with E-state index in [9.17, 15) is 13.2 Å². The Morgan fingerprint density at radius 3 is 2.24 bits per heavy atom. The topological polar surface area (TPSA) is 98.2 Å². The Labute approximate surface area is 236 Å². The lowest BCUT2D eigenvalue weighted by Crippen LogP contribution is -2.38. The van der Waals surface area contributed by atoms with Gasteiger partial charge in [0.2, 0.25) is 0 Å². The maximum absolute atomic E-state index is 13.6. The van der Waals surface area contributed by atoms with Crippen LogP contribution in [0.4, 0.5) is 0 Å². The molecule has 212 valence electrons. The normalized spacial score (nSPS) is 18.6. The van der Waals surface area contributed by atoms with Gasteiger partial charge in [-0.05, 0) is 30.6 Å². The molecule has 0 unspecified atom stereocenters. The summed E-state index contributed by atoms with van der Waals surface area (Å²) in [7, 11) is -3.54. The van der Waals surface area contributed by atoms with E-state index in [4.69, 9.17) is 14.7 Å². The molecule has 38 heavy (non-hydrogen) atoms. The van der Waals surface area contributed by atoms with E-state index in [0.717, 1.165) is 42.7 Å². The third-order valence-electron chi connectivity index (χ3n) is 7.06. The average Bonchev–Trinajstić information content (AvgIpc) is 3.44. The largest absolute Gasteiger partial charge is 0.381 e. The van der Waals surface area contributed by atoms with Crippen LogP contribution in [0.15, 0.2) is 4.21 Å². The molecule has 0 atom stereocenters. The Morgan fingerprint density at radius 1 is 0.974 bits per heavy atom. The van der Waals surface area contributed by atoms with Crippen LogP contribution in [-0.2, 0) is 26.4 Å². The number of sulfone groups is 1. The summed E-state index contributed by atoms with van der Waals surface area (Å²) in [6.45, 7) is 13.1. The first-order valence-corrected chi connectivity index (χ1v) is 17.1. The van der Waals surface area contributed by atoms with Gasteiger partial charge >= 0.3 is 0 Å². The van der Waals surface area contributed by atoms with Crippen LogP contribution < -0.4 is 5.32 Å². The van der Waals surface area contributed by atoms with Crippen LogP contribution in [0.2, 0.25) is 0 Å². The highest BCUT2D eigenvalue weighted by molar-refractivity contribution is 7.93. The Morgan fingerprint density at radius 2 is 1.63 bits per heavy atom. The van der Waals surface area contributed by atoms with Crippen LogP contribution in [0, 0.1) is 11.3 Å². The molecule has 3 heterocycles. The minimum atomic E-state index is -3.54. The lowest BCUT2D eigenvalue weighted by Gasteiger charge is -2.22. The molecule has 10 heteroatoms. The summed E-state index contributed by atoms with van der Waals surface area (Å²) >= 11 is 2.60. The van der Waals surface area contributed by atoms with E-state index in [2.05, 4.69) is 5.32 Å². The molecule has 0 bridgehead atoms. The lowest BCUT2D eigenvalue weighted by atomic mass is 9.86. The quantitative estimate of drug-likeness (QED) is 0.405. The molecule has 4 rings (SSSR count). The number of hydrogen-bond donors (Lipinski definition) is 1. The van der Waals surface area contributed by atoms with Crippen LogP contribution in [-0.4, -0.2) is 49.3 Å².